The molecule has 1 N–H and O–H groups in total. The van der Waals surface area contributed by atoms with E-state index in [1.54, 1.807) is 18.2 Å². The van der Waals surface area contributed by atoms with E-state index in [0.717, 1.165) is 5.56 Å². The van der Waals surface area contributed by atoms with Crippen molar-refractivity contribution in [1.82, 2.24) is 0 Å². The summed E-state index contributed by atoms with van der Waals surface area (Å²) < 4.78 is 5.19. The van der Waals surface area contributed by atoms with Crippen LogP contribution in [-0.2, 0) is 0 Å². The van der Waals surface area contributed by atoms with Gasteiger partial charge in [0.15, 0.2) is 5.43 Å². The van der Waals surface area contributed by atoms with E-state index in [1.165, 1.54) is 6.92 Å². The quantitative estimate of drug-likeness (QED) is 0.795. The van der Waals surface area contributed by atoms with Crippen LogP contribution < -0.4 is 5.43 Å². The minimum atomic E-state index is -1.22. The van der Waals surface area contributed by atoms with Gasteiger partial charge in [-0.2, -0.15) is 0 Å². The molecule has 2 aromatic rings. The smallest absolute Gasteiger partial charge is 0.372 e. The second-order valence-corrected chi connectivity index (χ2v) is 3.69. The van der Waals surface area contributed by atoms with Gasteiger partial charge in [-0.3, -0.25) is 4.79 Å². The standard InChI is InChI=1S/C12H10O4/c1-6-3-4-9-8(5-6)10(13)7(2)11(16-9)12(14)15/h3-5H,1-2H3,(H,14,15). The van der Waals surface area contributed by atoms with Crippen molar-refractivity contribution in [3.8, 4) is 0 Å². The van der Waals surface area contributed by atoms with Crippen molar-refractivity contribution in [2.75, 3.05) is 0 Å². The molecule has 0 aliphatic heterocycles. The molecular weight excluding hydrogens is 208 g/mol. The summed E-state index contributed by atoms with van der Waals surface area (Å²) in [7, 11) is 0. The number of hydrogen-bond acceptors (Lipinski definition) is 3. The number of carboxylic acids is 1. The molecule has 0 bridgehead atoms. The molecule has 0 fully saturated rings. The monoisotopic (exact) mass is 218 g/mol. The zero-order chi connectivity index (χ0) is 11.9. The molecule has 4 nitrogen and oxygen atoms in total. The van der Waals surface area contributed by atoms with Gasteiger partial charge in [0.2, 0.25) is 5.76 Å². The van der Waals surface area contributed by atoms with E-state index in [0.29, 0.717) is 11.0 Å². The molecule has 0 saturated carbocycles. The second-order valence-electron chi connectivity index (χ2n) is 3.69. The number of carbonyl (C=O) groups is 1. The van der Waals surface area contributed by atoms with Crippen molar-refractivity contribution in [1.29, 1.82) is 0 Å². The van der Waals surface area contributed by atoms with Crippen LogP contribution in [0.25, 0.3) is 11.0 Å². The number of rotatable bonds is 1. The Morgan fingerprint density at radius 3 is 2.62 bits per heavy atom. The minimum Gasteiger partial charge on any atom is -0.475 e. The first-order valence-electron chi connectivity index (χ1n) is 4.78. The van der Waals surface area contributed by atoms with Crippen LogP contribution in [0.15, 0.2) is 27.4 Å². The van der Waals surface area contributed by atoms with Crippen molar-refractivity contribution < 1.29 is 14.3 Å². The summed E-state index contributed by atoms with van der Waals surface area (Å²) in [6, 6.07) is 5.07. The molecule has 0 aliphatic carbocycles. The maximum Gasteiger partial charge on any atom is 0.372 e. The molecule has 0 radical (unpaired) electrons. The number of benzene rings is 1. The Bertz CT molecular complexity index is 637. The summed E-state index contributed by atoms with van der Waals surface area (Å²) in [5.74, 6) is -1.52. The van der Waals surface area contributed by atoms with Gasteiger partial charge < -0.3 is 9.52 Å². The molecule has 82 valence electrons. The van der Waals surface area contributed by atoms with Crippen molar-refractivity contribution in [2.24, 2.45) is 0 Å². The van der Waals surface area contributed by atoms with Crippen molar-refractivity contribution in [2.45, 2.75) is 13.8 Å². The Morgan fingerprint density at radius 1 is 1.31 bits per heavy atom. The van der Waals surface area contributed by atoms with Crippen LogP contribution in [0.2, 0.25) is 0 Å². The average Bonchev–Trinajstić information content (AvgIpc) is 2.23. The SMILES string of the molecule is Cc1ccc2oc(C(=O)O)c(C)c(=O)c2c1. The van der Waals surface area contributed by atoms with Crippen molar-refractivity contribution >= 4 is 16.9 Å². The second kappa shape index (κ2) is 3.48. The molecule has 0 atom stereocenters. The fourth-order valence-corrected chi connectivity index (χ4v) is 1.61. The molecule has 2 rings (SSSR count). The average molecular weight is 218 g/mol. The van der Waals surface area contributed by atoms with E-state index in [9.17, 15) is 9.59 Å². The molecular formula is C12H10O4. The summed E-state index contributed by atoms with van der Waals surface area (Å²) in [6.07, 6.45) is 0. The van der Waals surface area contributed by atoms with Crippen molar-refractivity contribution in [3.05, 3.63) is 45.3 Å². The highest BCUT2D eigenvalue weighted by Crippen LogP contribution is 2.16. The topological polar surface area (TPSA) is 67.5 Å². The molecule has 16 heavy (non-hydrogen) atoms. The van der Waals surface area contributed by atoms with Gasteiger partial charge in [0.25, 0.3) is 0 Å². The normalized spacial score (nSPS) is 10.6. The predicted octanol–water partition coefficient (Wildman–Crippen LogP) is 2.11. The molecule has 0 aliphatic rings. The van der Waals surface area contributed by atoms with E-state index in [1.807, 2.05) is 6.92 Å². The lowest BCUT2D eigenvalue weighted by Gasteiger charge is -2.03. The molecule has 1 heterocycles. The molecule has 0 unspecified atom stereocenters. The molecule has 1 aromatic heterocycles. The van der Waals surface area contributed by atoms with E-state index >= 15 is 0 Å². The molecule has 4 heteroatoms. The third kappa shape index (κ3) is 1.48. The Labute approximate surface area is 91.1 Å². The van der Waals surface area contributed by atoms with E-state index in [2.05, 4.69) is 0 Å². The molecule has 0 saturated heterocycles. The van der Waals surface area contributed by atoms with Crippen LogP contribution in [0.5, 0.6) is 0 Å². The molecule has 0 amide bonds. The van der Waals surface area contributed by atoms with Crippen LogP contribution in [0.3, 0.4) is 0 Å². The Hall–Kier alpha value is -2.10. The van der Waals surface area contributed by atoms with Gasteiger partial charge >= 0.3 is 5.97 Å². The summed E-state index contributed by atoms with van der Waals surface area (Å²) >= 11 is 0. The van der Waals surface area contributed by atoms with E-state index in [-0.39, 0.29) is 16.8 Å². The third-order valence-corrected chi connectivity index (χ3v) is 2.47. The largest absolute Gasteiger partial charge is 0.475 e. The van der Waals surface area contributed by atoms with Crippen molar-refractivity contribution in [3.63, 3.8) is 0 Å². The predicted molar refractivity (Wildman–Crippen MR) is 58.9 cm³/mol. The van der Waals surface area contributed by atoms with Gasteiger partial charge in [-0.1, -0.05) is 11.6 Å². The van der Waals surface area contributed by atoms with Gasteiger partial charge in [0, 0.05) is 5.56 Å². The van der Waals surface area contributed by atoms with Gasteiger partial charge in [-0.05, 0) is 26.0 Å². The highest BCUT2D eigenvalue weighted by atomic mass is 16.4. The van der Waals surface area contributed by atoms with Crippen LogP contribution in [0, 0.1) is 13.8 Å². The highest BCUT2D eigenvalue weighted by molar-refractivity contribution is 5.89. The lowest BCUT2D eigenvalue weighted by Crippen LogP contribution is -2.12. The first-order valence-corrected chi connectivity index (χ1v) is 4.78. The van der Waals surface area contributed by atoms with Gasteiger partial charge in [0.1, 0.15) is 5.58 Å². The summed E-state index contributed by atoms with van der Waals surface area (Å²) in [5, 5.41) is 9.29. The summed E-state index contributed by atoms with van der Waals surface area (Å²) in [6.45, 7) is 3.32. The zero-order valence-corrected chi connectivity index (χ0v) is 8.90. The maximum absolute atomic E-state index is 11.9. The fraction of sp³-hybridized carbons (Fsp3) is 0.167. The summed E-state index contributed by atoms with van der Waals surface area (Å²) in [5.41, 5.74) is 1.08. The number of aryl methyl sites for hydroxylation is 1. The number of fused-ring (bicyclic) bond motifs is 1. The first kappa shape index (κ1) is 10.4. The Kier molecular flexibility index (Phi) is 2.27. The molecule has 0 spiro atoms. The van der Waals surface area contributed by atoms with Crippen LogP contribution in [0.4, 0.5) is 0 Å². The Morgan fingerprint density at radius 2 is 2.00 bits per heavy atom. The maximum atomic E-state index is 11.9. The number of hydrogen-bond donors (Lipinski definition) is 1. The van der Waals surface area contributed by atoms with Gasteiger partial charge in [-0.25, -0.2) is 4.79 Å². The van der Waals surface area contributed by atoms with Crippen LogP contribution >= 0.6 is 0 Å². The lowest BCUT2D eigenvalue weighted by molar-refractivity contribution is 0.0661. The fourth-order valence-electron chi connectivity index (χ4n) is 1.61. The Balaban J connectivity index is 2.94. The van der Waals surface area contributed by atoms with Crippen LogP contribution in [0.1, 0.15) is 21.7 Å². The number of carboxylic acid groups (broad SMARTS) is 1. The first-order chi connectivity index (χ1) is 7.50. The van der Waals surface area contributed by atoms with Gasteiger partial charge in [-0.15, -0.1) is 0 Å². The highest BCUT2D eigenvalue weighted by Gasteiger charge is 2.16. The minimum absolute atomic E-state index is 0.130. The lowest BCUT2D eigenvalue weighted by atomic mass is 10.1. The summed E-state index contributed by atoms with van der Waals surface area (Å²) in [4.78, 5) is 22.7. The van der Waals surface area contributed by atoms with E-state index < -0.39 is 5.97 Å². The molecule has 1 aromatic carbocycles. The van der Waals surface area contributed by atoms with E-state index in [4.69, 9.17) is 9.52 Å². The zero-order valence-electron chi connectivity index (χ0n) is 8.90. The van der Waals surface area contributed by atoms with Crippen LogP contribution in [-0.4, -0.2) is 11.1 Å². The number of aromatic carboxylic acids is 1. The van der Waals surface area contributed by atoms with Gasteiger partial charge in [0.05, 0.1) is 5.39 Å². The third-order valence-electron chi connectivity index (χ3n) is 2.47.